The molecule has 0 aliphatic rings. The molecule has 4 nitrogen and oxygen atoms in total. The van der Waals surface area contributed by atoms with Gasteiger partial charge in [0.15, 0.2) is 11.5 Å². The molecule has 1 aromatic carbocycles. The maximum absolute atomic E-state index is 9.36. The molecule has 84 valence electrons. The molecule has 2 rings (SSSR count). The molecule has 0 amide bonds. The van der Waals surface area contributed by atoms with E-state index in [9.17, 15) is 5.11 Å². The first-order chi connectivity index (χ1) is 7.65. The summed E-state index contributed by atoms with van der Waals surface area (Å²) in [6.45, 7) is 1.79. The van der Waals surface area contributed by atoms with Gasteiger partial charge in [-0.15, -0.1) is 0 Å². The predicted molar refractivity (Wildman–Crippen MR) is 60.1 cm³/mol. The minimum atomic E-state index is -0.114. The number of fused-ring (bicyclic) bond motifs is 1. The average molecular weight is 221 g/mol. The first-order valence-electron chi connectivity index (χ1n) is 4.84. The number of aryl methyl sites for hydroxylation is 1. The lowest BCUT2D eigenvalue weighted by molar-refractivity contribution is 0.316. The quantitative estimate of drug-likeness (QED) is 0.792. The van der Waals surface area contributed by atoms with E-state index in [0.29, 0.717) is 17.3 Å². The van der Waals surface area contributed by atoms with E-state index in [0.717, 1.165) is 10.8 Å². The highest BCUT2D eigenvalue weighted by molar-refractivity contribution is 5.87. The van der Waals surface area contributed by atoms with Gasteiger partial charge in [0.1, 0.15) is 0 Å². The Morgan fingerprint density at radius 3 is 2.31 bits per heavy atom. The number of hydrogen-bond acceptors (Lipinski definition) is 3. The van der Waals surface area contributed by atoms with E-state index in [1.807, 2.05) is 6.07 Å². The zero-order valence-electron chi connectivity index (χ0n) is 9.40. The fourth-order valence-corrected chi connectivity index (χ4v) is 1.69. The maximum atomic E-state index is 9.36. The second-order valence-corrected chi connectivity index (χ2v) is 3.44. The number of ether oxygens (including phenoxy) is 2. The molecule has 1 aromatic heterocycles. The van der Waals surface area contributed by atoms with Crippen LogP contribution < -0.4 is 9.47 Å². The Hall–Kier alpha value is -1.97. The molecule has 0 atom stereocenters. The summed E-state index contributed by atoms with van der Waals surface area (Å²) in [5.41, 5.74) is 0. The van der Waals surface area contributed by atoms with E-state index >= 15 is 0 Å². The summed E-state index contributed by atoms with van der Waals surface area (Å²) < 4.78 is 15.5. The van der Waals surface area contributed by atoms with Gasteiger partial charge < -0.3 is 14.6 Å². The SMILES string of the molecule is COc1cc2cc(O)[o+]c(C)c2cc1OC. The second-order valence-electron chi connectivity index (χ2n) is 3.44. The third-order valence-corrected chi connectivity index (χ3v) is 2.47. The summed E-state index contributed by atoms with van der Waals surface area (Å²) in [5, 5.41) is 11.1. The van der Waals surface area contributed by atoms with Crippen LogP contribution in [0.4, 0.5) is 0 Å². The van der Waals surface area contributed by atoms with Crippen LogP contribution in [-0.2, 0) is 0 Å². The number of hydrogen-bond donors (Lipinski definition) is 1. The van der Waals surface area contributed by atoms with Gasteiger partial charge in [0.05, 0.1) is 25.7 Å². The van der Waals surface area contributed by atoms with Crippen molar-refractivity contribution >= 4 is 10.8 Å². The van der Waals surface area contributed by atoms with E-state index in [1.165, 1.54) is 0 Å². The van der Waals surface area contributed by atoms with Crippen molar-refractivity contribution in [2.24, 2.45) is 0 Å². The Kier molecular flexibility index (Phi) is 2.56. The summed E-state index contributed by atoms with van der Waals surface area (Å²) in [6.07, 6.45) is 0. The van der Waals surface area contributed by atoms with Gasteiger partial charge in [0.25, 0.3) is 0 Å². The van der Waals surface area contributed by atoms with Crippen molar-refractivity contribution in [3.8, 4) is 17.4 Å². The predicted octanol–water partition coefficient (Wildman–Crippen LogP) is 2.75. The third-order valence-electron chi connectivity index (χ3n) is 2.47. The lowest BCUT2D eigenvalue weighted by Crippen LogP contribution is -1.91. The third kappa shape index (κ3) is 1.62. The summed E-state index contributed by atoms with van der Waals surface area (Å²) in [5.74, 6) is 1.78. The molecule has 0 unspecified atom stereocenters. The van der Waals surface area contributed by atoms with E-state index in [2.05, 4.69) is 0 Å². The van der Waals surface area contributed by atoms with Gasteiger partial charge in [0.2, 0.25) is 5.76 Å². The topological polar surface area (TPSA) is 50.0 Å². The molecular formula is C12H13O4+. The van der Waals surface area contributed by atoms with Crippen LogP contribution in [0.1, 0.15) is 5.76 Å². The Balaban J connectivity index is 2.78. The maximum Gasteiger partial charge on any atom is 0.516 e. The Morgan fingerprint density at radius 2 is 1.69 bits per heavy atom. The number of aromatic hydroxyl groups is 1. The van der Waals surface area contributed by atoms with Crippen molar-refractivity contribution in [1.82, 2.24) is 0 Å². The minimum absolute atomic E-state index is 0.114. The molecule has 0 fully saturated rings. The Bertz CT molecular complexity index is 534. The zero-order chi connectivity index (χ0) is 11.7. The highest BCUT2D eigenvalue weighted by Crippen LogP contribution is 2.35. The molecule has 4 heteroatoms. The molecule has 1 heterocycles. The van der Waals surface area contributed by atoms with Crippen LogP contribution in [0.2, 0.25) is 0 Å². The highest BCUT2D eigenvalue weighted by Gasteiger charge is 2.14. The van der Waals surface area contributed by atoms with Gasteiger partial charge >= 0.3 is 5.95 Å². The smallest absolute Gasteiger partial charge is 0.493 e. The largest absolute Gasteiger partial charge is 0.516 e. The van der Waals surface area contributed by atoms with Crippen molar-refractivity contribution in [2.45, 2.75) is 6.92 Å². The molecule has 0 spiro atoms. The molecule has 1 N–H and O–H groups in total. The Morgan fingerprint density at radius 1 is 1.06 bits per heavy atom. The van der Waals surface area contributed by atoms with Crippen molar-refractivity contribution < 1.29 is 19.0 Å². The van der Waals surface area contributed by atoms with Crippen LogP contribution in [0.25, 0.3) is 10.8 Å². The van der Waals surface area contributed by atoms with Crippen molar-refractivity contribution in [1.29, 1.82) is 0 Å². The molecular weight excluding hydrogens is 208 g/mol. The van der Waals surface area contributed by atoms with Gasteiger partial charge in [-0.2, -0.15) is 0 Å². The van der Waals surface area contributed by atoms with Gasteiger partial charge in [-0.25, -0.2) is 0 Å². The summed E-state index contributed by atoms with van der Waals surface area (Å²) >= 11 is 0. The number of benzene rings is 1. The molecule has 0 aliphatic heterocycles. The fraction of sp³-hybridized carbons (Fsp3) is 0.250. The molecule has 0 aliphatic carbocycles. The van der Waals surface area contributed by atoms with Crippen LogP contribution >= 0.6 is 0 Å². The molecule has 2 aromatic rings. The van der Waals surface area contributed by atoms with E-state index in [-0.39, 0.29) is 5.95 Å². The highest BCUT2D eigenvalue weighted by atomic mass is 16.5. The lowest BCUT2D eigenvalue weighted by Gasteiger charge is -2.08. The average Bonchev–Trinajstić information content (AvgIpc) is 2.27. The fourth-order valence-electron chi connectivity index (χ4n) is 1.69. The molecule has 0 bridgehead atoms. The summed E-state index contributed by atoms with van der Waals surface area (Å²) in [6, 6.07) is 5.17. The van der Waals surface area contributed by atoms with Crippen LogP contribution in [-0.4, -0.2) is 19.3 Å². The van der Waals surface area contributed by atoms with E-state index < -0.39 is 0 Å². The van der Waals surface area contributed by atoms with Crippen LogP contribution in [0.15, 0.2) is 22.6 Å². The van der Waals surface area contributed by atoms with Crippen LogP contribution in [0, 0.1) is 6.92 Å². The van der Waals surface area contributed by atoms with E-state index in [4.69, 9.17) is 13.9 Å². The van der Waals surface area contributed by atoms with Gasteiger partial charge in [-0.05, 0) is 12.1 Å². The Labute approximate surface area is 93.0 Å². The number of methoxy groups -OCH3 is 2. The minimum Gasteiger partial charge on any atom is -0.493 e. The summed E-state index contributed by atoms with van der Waals surface area (Å²) in [7, 11) is 3.15. The van der Waals surface area contributed by atoms with Crippen molar-refractivity contribution in [3.63, 3.8) is 0 Å². The first kappa shape index (κ1) is 10.5. The molecule has 0 saturated carbocycles. The molecule has 0 saturated heterocycles. The lowest BCUT2D eigenvalue weighted by atomic mass is 10.1. The molecule has 0 radical (unpaired) electrons. The number of rotatable bonds is 2. The first-order valence-corrected chi connectivity index (χ1v) is 4.84. The van der Waals surface area contributed by atoms with Gasteiger partial charge in [-0.3, -0.25) is 4.42 Å². The standard InChI is InChI=1S/C12H12O4/c1-7-9-6-11(15-3)10(14-2)4-8(9)5-12(13)16-7/h4-6H,1-3H3/p+1. The normalized spacial score (nSPS) is 10.4. The second kappa shape index (κ2) is 3.89. The molecule has 16 heavy (non-hydrogen) atoms. The van der Waals surface area contributed by atoms with Gasteiger partial charge in [-0.1, -0.05) is 0 Å². The van der Waals surface area contributed by atoms with Crippen molar-refractivity contribution in [2.75, 3.05) is 14.2 Å². The monoisotopic (exact) mass is 221 g/mol. The van der Waals surface area contributed by atoms with Crippen molar-refractivity contribution in [3.05, 3.63) is 24.0 Å². The van der Waals surface area contributed by atoms with Crippen LogP contribution in [0.5, 0.6) is 17.4 Å². The van der Waals surface area contributed by atoms with Gasteiger partial charge in [0, 0.05) is 12.3 Å². The zero-order valence-corrected chi connectivity index (χ0v) is 9.40. The summed E-state index contributed by atoms with van der Waals surface area (Å²) in [4.78, 5) is 0. The van der Waals surface area contributed by atoms with E-state index in [1.54, 1.807) is 33.3 Å². The van der Waals surface area contributed by atoms with Crippen LogP contribution in [0.3, 0.4) is 0 Å².